The molecule has 0 bridgehead atoms. The largest absolute Gasteiger partial charge is 0.180 e. The highest BCUT2D eigenvalue weighted by Crippen LogP contribution is 2.27. The van der Waals surface area contributed by atoms with Gasteiger partial charge in [0.15, 0.2) is 7.38 Å². The zero-order valence-corrected chi connectivity index (χ0v) is 12.6. The Hall–Kier alpha value is -0.703. The van der Waals surface area contributed by atoms with Crippen molar-refractivity contribution in [3.63, 3.8) is 0 Å². The van der Waals surface area contributed by atoms with E-state index < -0.39 is 7.38 Å². The van der Waals surface area contributed by atoms with Gasteiger partial charge in [-0.05, 0) is 29.5 Å². The fraction of sp³-hybridized carbons (Fsp3) is 0.143. The highest BCUT2D eigenvalue weighted by molar-refractivity contribution is 7.99. The zero-order chi connectivity index (χ0) is 12.3. The Morgan fingerprint density at radius 2 is 1.53 bits per heavy atom. The van der Waals surface area contributed by atoms with Crippen LogP contribution in [0, 0.1) is 0 Å². The first kappa shape index (κ1) is 12.7. The topological polar surface area (TPSA) is 0 Å². The van der Waals surface area contributed by atoms with Crippen LogP contribution >= 0.6 is 22.8 Å². The van der Waals surface area contributed by atoms with Gasteiger partial charge in [-0.2, -0.15) is 11.1 Å². The summed E-state index contributed by atoms with van der Waals surface area (Å²) in [6.45, 7) is 4.31. The second kappa shape index (κ2) is 5.30. The molecule has 0 N–H and O–H groups in total. The van der Waals surface area contributed by atoms with E-state index in [1.807, 2.05) is 6.07 Å². The molecule has 0 spiro atoms. The Kier molecular flexibility index (Phi) is 3.97. The van der Waals surface area contributed by atoms with Crippen LogP contribution in [0.5, 0.6) is 0 Å². The first-order chi connectivity index (χ1) is 8.05. The Balaban J connectivity index is 2.23. The van der Waals surface area contributed by atoms with E-state index in [-0.39, 0.29) is 0 Å². The molecule has 0 radical (unpaired) electrons. The van der Waals surface area contributed by atoms with Crippen molar-refractivity contribution in [2.45, 2.75) is 22.9 Å². The Morgan fingerprint density at radius 1 is 0.882 bits per heavy atom. The maximum Gasteiger partial charge on any atom is 0.180 e. The second-order valence-corrected chi connectivity index (χ2v) is 11.9. The van der Waals surface area contributed by atoms with E-state index in [4.69, 9.17) is 11.1 Å². The number of hydrogen-bond donors (Lipinski definition) is 0. The summed E-state index contributed by atoms with van der Waals surface area (Å²) in [7, 11) is -1.72. The van der Waals surface area contributed by atoms with Crippen molar-refractivity contribution >= 4 is 35.4 Å². The van der Waals surface area contributed by atoms with E-state index in [0.717, 1.165) is 0 Å². The van der Waals surface area contributed by atoms with Crippen LogP contribution in [0.15, 0.2) is 64.4 Å². The van der Waals surface area contributed by atoms with Crippen LogP contribution in [0.3, 0.4) is 0 Å². The molecule has 0 aliphatic rings. The van der Waals surface area contributed by atoms with Gasteiger partial charge in [0, 0.05) is 9.79 Å². The van der Waals surface area contributed by atoms with Gasteiger partial charge < -0.3 is 0 Å². The molecule has 2 aromatic rings. The summed E-state index contributed by atoms with van der Waals surface area (Å²) in [5.41, 5.74) is 0. The lowest BCUT2D eigenvalue weighted by Gasteiger charge is -2.14. The van der Waals surface area contributed by atoms with E-state index >= 15 is 0 Å². The molecule has 88 valence electrons. The van der Waals surface area contributed by atoms with Crippen LogP contribution in [-0.4, -0.2) is 7.38 Å². The molecule has 3 heteroatoms. The fourth-order valence-corrected chi connectivity index (χ4v) is 3.90. The second-order valence-electron chi connectivity index (χ2n) is 4.42. The summed E-state index contributed by atoms with van der Waals surface area (Å²) in [5, 5.41) is 1.29. The van der Waals surface area contributed by atoms with Gasteiger partial charge in [0.1, 0.15) is 0 Å². The molecule has 0 saturated carbocycles. The van der Waals surface area contributed by atoms with Crippen molar-refractivity contribution in [3.05, 3.63) is 54.6 Å². The molecule has 2 rings (SSSR count). The Morgan fingerprint density at radius 3 is 2.18 bits per heavy atom. The smallest absolute Gasteiger partial charge is 0.162 e. The molecule has 0 heterocycles. The van der Waals surface area contributed by atoms with Crippen LogP contribution in [0.2, 0.25) is 13.1 Å². The minimum Gasteiger partial charge on any atom is -0.162 e. The van der Waals surface area contributed by atoms with Gasteiger partial charge in [0.25, 0.3) is 0 Å². The predicted octanol–water partition coefficient (Wildman–Crippen LogP) is 4.49. The van der Waals surface area contributed by atoms with Gasteiger partial charge in [-0.3, -0.25) is 0 Å². The average molecular weight is 279 g/mol. The molecule has 0 aromatic heterocycles. The van der Waals surface area contributed by atoms with Gasteiger partial charge in [-0.15, -0.1) is 0 Å². The van der Waals surface area contributed by atoms with Crippen molar-refractivity contribution in [1.29, 1.82) is 0 Å². The first-order valence-corrected chi connectivity index (χ1v) is 10.4. The lowest BCUT2D eigenvalue weighted by molar-refractivity contribution is 1.42. The monoisotopic (exact) mass is 278 g/mol. The van der Waals surface area contributed by atoms with E-state index in [2.05, 4.69) is 61.6 Å². The third kappa shape index (κ3) is 3.63. The Bertz CT molecular complexity index is 491. The number of rotatable bonds is 3. The van der Waals surface area contributed by atoms with Gasteiger partial charge in [-0.25, -0.2) is 0 Å². The normalized spacial score (nSPS) is 11.5. The van der Waals surface area contributed by atoms with Crippen LogP contribution < -0.4 is 5.19 Å². The summed E-state index contributed by atoms with van der Waals surface area (Å²) < 4.78 is 0. The van der Waals surface area contributed by atoms with E-state index in [1.54, 1.807) is 11.8 Å². The maximum absolute atomic E-state index is 6.46. The molecule has 0 saturated heterocycles. The van der Waals surface area contributed by atoms with Gasteiger partial charge >= 0.3 is 0 Å². The number of benzene rings is 2. The summed E-state index contributed by atoms with van der Waals surface area (Å²) in [4.78, 5) is 2.52. The van der Waals surface area contributed by atoms with Crippen molar-refractivity contribution < 1.29 is 0 Å². The lowest BCUT2D eigenvalue weighted by atomic mass is 10.4. The molecule has 2 aromatic carbocycles. The molecule has 0 nitrogen and oxygen atoms in total. The van der Waals surface area contributed by atoms with Crippen LogP contribution in [0.4, 0.5) is 0 Å². The molecular formula is C14H15ClSSi. The highest BCUT2D eigenvalue weighted by atomic mass is 35.6. The van der Waals surface area contributed by atoms with Crippen molar-refractivity contribution in [1.82, 2.24) is 0 Å². The molecule has 0 amide bonds. The fourth-order valence-electron chi connectivity index (χ4n) is 1.55. The van der Waals surface area contributed by atoms with Crippen molar-refractivity contribution in [2.24, 2.45) is 0 Å². The predicted molar refractivity (Wildman–Crippen MR) is 80.0 cm³/mol. The van der Waals surface area contributed by atoms with E-state index in [0.29, 0.717) is 0 Å². The molecule has 0 aliphatic heterocycles. The molecule has 0 aliphatic carbocycles. The zero-order valence-electron chi connectivity index (χ0n) is 9.98. The standard InChI is InChI=1S/C14H15ClSSi/c1-17(2,15)14-10-6-9-13(11-14)16-12-7-4-3-5-8-12/h3-11H,1-2H3. The molecular weight excluding hydrogens is 264 g/mol. The quantitative estimate of drug-likeness (QED) is 0.589. The van der Waals surface area contributed by atoms with Crippen LogP contribution in [-0.2, 0) is 0 Å². The third-order valence-electron chi connectivity index (χ3n) is 2.50. The molecule has 0 atom stereocenters. The highest BCUT2D eigenvalue weighted by Gasteiger charge is 2.20. The van der Waals surface area contributed by atoms with Crippen molar-refractivity contribution in [3.8, 4) is 0 Å². The van der Waals surface area contributed by atoms with Crippen LogP contribution in [0.25, 0.3) is 0 Å². The number of hydrogen-bond acceptors (Lipinski definition) is 1. The van der Waals surface area contributed by atoms with Crippen LogP contribution in [0.1, 0.15) is 0 Å². The van der Waals surface area contributed by atoms with E-state index in [9.17, 15) is 0 Å². The minimum absolute atomic E-state index is 1.26. The molecule has 0 unspecified atom stereocenters. The van der Waals surface area contributed by atoms with Gasteiger partial charge in [0.05, 0.1) is 0 Å². The minimum atomic E-state index is -1.72. The van der Waals surface area contributed by atoms with Gasteiger partial charge in [0.2, 0.25) is 0 Å². The summed E-state index contributed by atoms with van der Waals surface area (Å²) in [6, 6.07) is 19.0. The van der Waals surface area contributed by atoms with Gasteiger partial charge in [-0.1, -0.05) is 55.2 Å². The summed E-state index contributed by atoms with van der Waals surface area (Å²) in [6.07, 6.45) is 0. The summed E-state index contributed by atoms with van der Waals surface area (Å²) in [5.74, 6) is 0. The maximum atomic E-state index is 6.46. The molecule has 0 fully saturated rings. The lowest BCUT2D eigenvalue weighted by Crippen LogP contribution is -2.34. The van der Waals surface area contributed by atoms with E-state index in [1.165, 1.54) is 15.0 Å². The average Bonchev–Trinajstić information content (AvgIpc) is 2.29. The van der Waals surface area contributed by atoms with Crippen molar-refractivity contribution in [2.75, 3.05) is 0 Å². The Labute approximate surface area is 113 Å². The number of halogens is 1. The molecule has 17 heavy (non-hydrogen) atoms. The summed E-state index contributed by atoms with van der Waals surface area (Å²) >= 11 is 8.24. The SMILES string of the molecule is C[Si](C)(Cl)c1cccc(Sc2ccccc2)c1. The third-order valence-corrected chi connectivity index (χ3v) is 5.84. The first-order valence-electron chi connectivity index (χ1n) is 5.58.